The summed E-state index contributed by atoms with van der Waals surface area (Å²) in [5.41, 5.74) is 5.04. The monoisotopic (exact) mass is 499 g/mol. The van der Waals surface area contributed by atoms with E-state index in [-0.39, 0.29) is 11.3 Å². The van der Waals surface area contributed by atoms with Gasteiger partial charge < -0.3 is 14.7 Å². The summed E-state index contributed by atoms with van der Waals surface area (Å²) in [6.45, 7) is 8.93. The fraction of sp³-hybridized carbons (Fsp3) is 0.533. The lowest BCUT2D eigenvalue weighted by Crippen LogP contribution is -2.46. The molecule has 0 spiro atoms. The maximum absolute atomic E-state index is 13.2. The van der Waals surface area contributed by atoms with Crippen molar-refractivity contribution in [3.8, 4) is 0 Å². The van der Waals surface area contributed by atoms with Crippen molar-refractivity contribution >= 4 is 11.8 Å². The summed E-state index contributed by atoms with van der Waals surface area (Å²) in [5, 5.41) is 0. The molecule has 194 valence electrons. The highest BCUT2D eigenvalue weighted by Gasteiger charge is 2.42. The van der Waals surface area contributed by atoms with Gasteiger partial charge in [-0.25, -0.2) is 9.97 Å². The number of hydrogen-bond acceptors (Lipinski definition) is 5. The number of likely N-dealkylation sites (tertiary alicyclic amines) is 2. The SMILES string of the molecule is Cc1ncnc(C)c1C(=O)N1CC2=CN(CCC3(c4ccccc4)CCN(C(=O)C4CC4)CC3)CC2C1. The third-order valence-corrected chi connectivity index (χ3v) is 9.09. The summed E-state index contributed by atoms with van der Waals surface area (Å²) in [4.78, 5) is 40.9. The quantitative estimate of drug-likeness (QED) is 0.606. The predicted octanol–water partition coefficient (Wildman–Crippen LogP) is 3.73. The Morgan fingerprint density at radius 3 is 2.32 bits per heavy atom. The highest BCUT2D eigenvalue weighted by atomic mass is 16.2. The Morgan fingerprint density at radius 1 is 0.973 bits per heavy atom. The molecule has 2 saturated heterocycles. The van der Waals surface area contributed by atoms with Crippen LogP contribution < -0.4 is 0 Å². The lowest BCUT2D eigenvalue weighted by molar-refractivity contribution is -0.134. The zero-order valence-electron chi connectivity index (χ0n) is 22.0. The Hall–Kier alpha value is -3.22. The molecule has 0 radical (unpaired) electrons. The minimum Gasteiger partial charge on any atom is -0.377 e. The number of rotatable bonds is 6. The molecule has 7 heteroatoms. The number of piperidine rings is 1. The molecule has 1 aromatic carbocycles. The number of fused-ring (bicyclic) bond motifs is 1. The fourth-order valence-electron chi connectivity index (χ4n) is 6.64. The third-order valence-electron chi connectivity index (χ3n) is 9.09. The van der Waals surface area contributed by atoms with Crippen LogP contribution in [0.2, 0.25) is 0 Å². The molecule has 6 rings (SSSR count). The van der Waals surface area contributed by atoms with Crippen LogP contribution in [-0.2, 0) is 10.2 Å². The summed E-state index contributed by atoms with van der Waals surface area (Å²) in [7, 11) is 0. The Bertz CT molecular complexity index is 1190. The van der Waals surface area contributed by atoms with Crippen LogP contribution in [0.3, 0.4) is 0 Å². The number of aromatic nitrogens is 2. The summed E-state index contributed by atoms with van der Waals surface area (Å²) < 4.78 is 0. The van der Waals surface area contributed by atoms with Crippen molar-refractivity contribution in [3.63, 3.8) is 0 Å². The van der Waals surface area contributed by atoms with Crippen LogP contribution in [0.1, 0.15) is 59.4 Å². The predicted molar refractivity (Wildman–Crippen MR) is 142 cm³/mol. The van der Waals surface area contributed by atoms with E-state index >= 15 is 0 Å². The normalized spacial score (nSPS) is 22.7. The molecule has 3 fully saturated rings. The summed E-state index contributed by atoms with van der Waals surface area (Å²) >= 11 is 0. The Labute approximate surface area is 219 Å². The number of benzene rings is 1. The largest absolute Gasteiger partial charge is 0.377 e. The number of nitrogens with zero attached hydrogens (tertiary/aromatic N) is 5. The molecule has 2 amide bonds. The number of hydrogen-bond donors (Lipinski definition) is 0. The summed E-state index contributed by atoms with van der Waals surface area (Å²) in [5.74, 6) is 1.13. The molecule has 1 unspecified atom stereocenters. The smallest absolute Gasteiger partial charge is 0.257 e. The van der Waals surface area contributed by atoms with Gasteiger partial charge in [0.2, 0.25) is 5.91 Å². The Kier molecular flexibility index (Phi) is 6.25. The van der Waals surface area contributed by atoms with Crippen LogP contribution in [0.15, 0.2) is 48.4 Å². The lowest BCUT2D eigenvalue weighted by atomic mass is 9.70. The van der Waals surface area contributed by atoms with Gasteiger partial charge in [-0.3, -0.25) is 9.59 Å². The fourth-order valence-corrected chi connectivity index (χ4v) is 6.64. The molecule has 1 aromatic heterocycles. The van der Waals surface area contributed by atoms with Gasteiger partial charge in [0.1, 0.15) is 6.33 Å². The number of carbonyl (C=O) groups excluding carboxylic acids is 2. The first kappa shape index (κ1) is 24.1. The molecule has 7 nitrogen and oxygen atoms in total. The minimum atomic E-state index is 0.0491. The first-order valence-electron chi connectivity index (χ1n) is 13.8. The molecule has 1 aliphatic carbocycles. The van der Waals surface area contributed by atoms with Gasteiger partial charge in [0.05, 0.1) is 17.0 Å². The zero-order valence-corrected chi connectivity index (χ0v) is 22.0. The van der Waals surface area contributed by atoms with Gasteiger partial charge in [0, 0.05) is 62.7 Å². The van der Waals surface area contributed by atoms with Crippen LogP contribution in [-0.4, -0.2) is 75.8 Å². The Balaban J connectivity index is 1.11. The number of aryl methyl sites for hydroxylation is 2. The standard InChI is InChI=1S/C30H37N5O2/c1-21-27(22(2)32-20-31-21)29(37)35-18-24-16-33(17-25(24)19-35)13-10-30(26-6-4-3-5-7-26)11-14-34(15-12-30)28(36)23-8-9-23/h3-7,16,20,23,25H,8-15,17-19H2,1-2H3. The van der Waals surface area contributed by atoms with Crippen LogP contribution in [0, 0.1) is 25.7 Å². The first-order chi connectivity index (χ1) is 17.9. The van der Waals surface area contributed by atoms with Gasteiger partial charge in [-0.15, -0.1) is 0 Å². The van der Waals surface area contributed by atoms with Gasteiger partial charge in [0.25, 0.3) is 5.91 Å². The highest BCUT2D eigenvalue weighted by molar-refractivity contribution is 5.96. The van der Waals surface area contributed by atoms with Crippen molar-refractivity contribution in [2.75, 3.05) is 39.3 Å². The summed E-state index contributed by atoms with van der Waals surface area (Å²) in [6.07, 6.45) is 9.13. The maximum atomic E-state index is 13.2. The second-order valence-corrected chi connectivity index (χ2v) is 11.5. The molecular formula is C30H37N5O2. The van der Waals surface area contributed by atoms with E-state index in [1.807, 2.05) is 18.7 Å². The van der Waals surface area contributed by atoms with Gasteiger partial charge in [-0.05, 0) is 57.1 Å². The molecule has 2 aromatic rings. The van der Waals surface area contributed by atoms with Crippen LogP contribution in [0.4, 0.5) is 0 Å². The van der Waals surface area contributed by atoms with Gasteiger partial charge >= 0.3 is 0 Å². The minimum absolute atomic E-state index is 0.0491. The zero-order chi connectivity index (χ0) is 25.6. The van der Waals surface area contributed by atoms with Crippen molar-refractivity contribution in [2.24, 2.45) is 11.8 Å². The first-order valence-corrected chi connectivity index (χ1v) is 13.8. The molecule has 0 bridgehead atoms. The van der Waals surface area contributed by atoms with Crippen LogP contribution >= 0.6 is 0 Å². The topological polar surface area (TPSA) is 69.6 Å². The molecule has 1 saturated carbocycles. The van der Waals surface area contributed by atoms with Crippen molar-refractivity contribution in [1.82, 2.24) is 24.7 Å². The van der Waals surface area contributed by atoms with E-state index in [1.54, 1.807) is 0 Å². The average Bonchev–Trinajstić information content (AvgIpc) is 3.58. The van der Waals surface area contributed by atoms with E-state index < -0.39 is 0 Å². The van der Waals surface area contributed by atoms with Crippen LogP contribution in [0.5, 0.6) is 0 Å². The number of amides is 2. The molecule has 4 aliphatic rings. The Morgan fingerprint density at radius 2 is 1.68 bits per heavy atom. The van der Waals surface area contributed by atoms with Crippen molar-refractivity contribution in [3.05, 3.63) is 70.9 Å². The maximum Gasteiger partial charge on any atom is 0.257 e. The molecule has 37 heavy (non-hydrogen) atoms. The van der Waals surface area contributed by atoms with Crippen molar-refractivity contribution in [2.45, 2.75) is 51.4 Å². The van der Waals surface area contributed by atoms with Gasteiger partial charge in [0.15, 0.2) is 0 Å². The lowest BCUT2D eigenvalue weighted by Gasteiger charge is -2.43. The van der Waals surface area contributed by atoms with E-state index in [0.29, 0.717) is 29.9 Å². The van der Waals surface area contributed by atoms with Gasteiger partial charge in [-0.2, -0.15) is 0 Å². The van der Waals surface area contributed by atoms with Crippen LogP contribution in [0.25, 0.3) is 0 Å². The second kappa shape index (κ2) is 9.58. The second-order valence-electron chi connectivity index (χ2n) is 11.5. The van der Waals surface area contributed by atoms with E-state index in [0.717, 1.165) is 76.2 Å². The third kappa shape index (κ3) is 4.64. The van der Waals surface area contributed by atoms with Crippen molar-refractivity contribution < 1.29 is 9.59 Å². The van der Waals surface area contributed by atoms with E-state index in [4.69, 9.17) is 0 Å². The molecule has 0 N–H and O–H groups in total. The average molecular weight is 500 g/mol. The highest BCUT2D eigenvalue weighted by Crippen LogP contribution is 2.41. The van der Waals surface area contributed by atoms with E-state index in [2.05, 4.69) is 56.3 Å². The van der Waals surface area contributed by atoms with Gasteiger partial charge in [-0.1, -0.05) is 30.3 Å². The van der Waals surface area contributed by atoms with E-state index in [9.17, 15) is 9.59 Å². The van der Waals surface area contributed by atoms with Crippen molar-refractivity contribution in [1.29, 1.82) is 0 Å². The number of carbonyl (C=O) groups is 2. The molecule has 1 atom stereocenters. The van der Waals surface area contributed by atoms with E-state index in [1.165, 1.54) is 17.5 Å². The molecule has 3 aliphatic heterocycles. The summed E-state index contributed by atoms with van der Waals surface area (Å²) in [6, 6.07) is 10.9. The molecular weight excluding hydrogens is 462 g/mol. The molecule has 4 heterocycles.